The van der Waals surface area contributed by atoms with Crippen LogP contribution in [-0.2, 0) is 35.0 Å². The monoisotopic (exact) mass is 591 g/mol. The van der Waals surface area contributed by atoms with Gasteiger partial charge in [-0.2, -0.15) is 0 Å². The molecule has 0 spiro atoms. The first-order valence-electron chi connectivity index (χ1n) is 11.4. The zero-order chi connectivity index (χ0) is 28.1. The Kier molecular flexibility index (Phi) is 12.9. The first-order valence-corrected chi connectivity index (χ1v) is 14.1. The number of rotatable bonds is 14. The minimum atomic E-state index is -4.21. The first kappa shape index (κ1) is 31.4. The van der Waals surface area contributed by atoms with Crippen LogP contribution in [0.4, 0.5) is 4.79 Å². The highest BCUT2D eigenvalue weighted by atomic mass is 35.5. The number of aliphatic hydroxyl groups is 1. The lowest BCUT2D eigenvalue weighted by Crippen LogP contribution is -2.28. The Bertz CT molecular complexity index is 1130. The molecule has 208 valence electrons. The van der Waals surface area contributed by atoms with Crippen LogP contribution in [0.2, 0.25) is 10.0 Å². The number of nitrogens with one attached hydrogen (secondary N) is 1. The molecule has 38 heavy (non-hydrogen) atoms. The van der Waals surface area contributed by atoms with Gasteiger partial charge < -0.3 is 28.9 Å². The van der Waals surface area contributed by atoms with Gasteiger partial charge in [-0.3, -0.25) is 14.7 Å². The SMILES string of the molecule is CCOC(=O)COc1c(Cl)cc([C@@H](O)P(=O)(O)CCCC(=O)OCNC(=O)OCc2ccccc2)cc1Cl. The second kappa shape index (κ2) is 15.6. The summed E-state index contributed by atoms with van der Waals surface area (Å²) in [5, 5.41) is 12.5. The molecule has 1 amide bonds. The average Bonchev–Trinajstić information content (AvgIpc) is 2.87. The highest BCUT2D eigenvalue weighted by molar-refractivity contribution is 7.58. The number of hydrogen-bond acceptors (Lipinski definition) is 9. The molecule has 0 heterocycles. The van der Waals surface area contributed by atoms with Crippen molar-refractivity contribution in [1.29, 1.82) is 0 Å². The predicted octanol–water partition coefficient (Wildman–Crippen LogP) is 4.40. The van der Waals surface area contributed by atoms with Gasteiger partial charge in [0.1, 0.15) is 6.61 Å². The lowest BCUT2D eigenvalue weighted by molar-refractivity contribution is -0.145. The zero-order valence-corrected chi connectivity index (χ0v) is 22.8. The molecule has 0 saturated carbocycles. The third-order valence-corrected chi connectivity index (χ3v) is 7.44. The van der Waals surface area contributed by atoms with Crippen molar-refractivity contribution in [2.24, 2.45) is 0 Å². The number of carbonyl (C=O) groups is 3. The molecule has 2 rings (SSSR count). The van der Waals surface area contributed by atoms with Crippen molar-refractivity contribution in [3.63, 3.8) is 0 Å². The summed E-state index contributed by atoms with van der Waals surface area (Å²) in [6.07, 6.45) is -1.50. The van der Waals surface area contributed by atoms with E-state index in [0.717, 1.165) is 5.56 Å². The summed E-state index contributed by atoms with van der Waals surface area (Å²) in [5.74, 6) is -3.25. The molecule has 0 saturated heterocycles. The molecule has 11 nitrogen and oxygen atoms in total. The number of aliphatic hydroxyl groups excluding tert-OH is 1. The number of carbonyl (C=O) groups excluding carboxylic acids is 3. The van der Waals surface area contributed by atoms with Crippen LogP contribution in [0, 0.1) is 0 Å². The van der Waals surface area contributed by atoms with Crippen LogP contribution in [0.25, 0.3) is 0 Å². The van der Waals surface area contributed by atoms with Crippen molar-refractivity contribution in [1.82, 2.24) is 5.32 Å². The van der Waals surface area contributed by atoms with Crippen LogP contribution in [-0.4, -0.2) is 54.1 Å². The lowest BCUT2D eigenvalue weighted by Gasteiger charge is -2.20. The Labute approximate surface area is 229 Å². The van der Waals surface area contributed by atoms with Crippen LogP contribution >= 0.6 is 30.6 Å². The molecular formula is C24H28Cl2NO10P. The van der Waals surface area contributed by atoms with E-state index in [1.54, 1.807) is 31.2 Å². The fourth-order valence-corrected chi connectivity index (χ4v) is 5.11. The Morgan fingerprint density at radius 3 is 2.32 bits per heavy atom. The second-order valence-electron chi connectivity index (χ2n) is 7.76. The zero-order valence-electron chi connectivity index (χ0n) is 20.4. The van der Waals surface area contributed by atoms with E-state index < -0.39 is 50.7 Å². The molecule has 0 aliphatic rings. The van der Waals surface area contributed by atoms with Gasteiger partial charge in [-0.1, -0.05) is 53.5 Å². The third kappa shape index (κ3) is 10.5. The molecule has 2 aromatic carbocycles. The van der Waals surface area contributed by atoms with E-state index in [-0.39, 0.29) is 47.4 Å². The maximum Gasteiger partial charge on any atom is 0.410 e. The van der Waals surface area contributed by atoms with E-state index in [1.807, 2.05) is 6.07 Å². The summed E-state index contributed by atoms with van der Waals surface area (Å²) in [6, 6.07) is 11.4. The van der Waals surface area contributed by atoms with Crippen LogP contribution < -0.4 is 10.1 Å². The Morgan fingerprint density at radius 2 is 1.68 bits per heavy atom. The molecule has 14 heteroatoms. The summed E-state index contributed by atoms with van der Waals surface area (Å²) in [4.78, 5) is 45.3. The number of alkyl carbamates (subject to hydrolysis) is 1. The maximum absolute atomic E-state index is 12.7. The Balaban J connectivity index is 1.77. The van der Waals surface area contributed by atoms with E-state index in [9.17, 15) is 28.9 Å². The number of hydrogen-bond donors (Lipinski definition) is 3. The summed E-state index contributed by atoms with van der Waals surface area (Å²) < 4.78 is 32.5. The molecule has 0 radical (unpaired) electrons. The molecule has 1 unspecified atom stereocenters. The number of ether oxygens (including phenoxy) is 4. The van der Waals surface area contributed by atoms with E-state index in [2.05, 4.69) is 5.32 Å². The number of halogens is 2. The largest absolute Gasteiger partial charge is 0.479 e. The Hall–Kier alpha value is -2.82. The summed E-state index contributed by atoms with van der Waals surface area (Å²) in [7, 11) is -4.21. The summed E-state index contributed by atoms with van der Waals surface area (Å²) in [6.45, 7) is 0.962. The predicted molar refractivity (Wildman–Crippen MR) is 138 cm³/mol. The number of amides is 1. The fourth-order valence-electron chi connectivity index (χ4n) is 3.03. The summed E-state index contributed by atoms with van der Waals surface area (Å²) in [5.41, 5.74) is 0.744. The van der Waals surface area contributed by atoms with E-state index in [1.165, 1.54) is 12.1 Å². The minimum absolute atomic E-state index is 0.0462. The quantitative estimate of drug-likeness (QED) is 0.124. The van der Waals surface area contributed by atoms with Gasteiger partial charge in [0, 0.05) is 12.6 Å². The van der Waals surface area contributed by atoms with Gasteiger partial charge in [0.2, 0.25) is 7.37 Å². The topological polar surface area (TPSA) is 158 Å². The number of esters is 2. The van der Waals surface area contributed by atoms with Gasteiger partial charge >= 0.3 is 18.0 Å². The molecule has 3 N–H and O–H groups in total. The van der Waals surface area contributed by atoms with Crippen molar-refractivity contribution in [2.45, 2.75) is 32.2 Å². The fraction of sp³-hybridized carbons (Fsp3) is 0.375. The second-order valence-corrected chi connectivity index (χ2v) is 11.0. The molecule has 0 fully saturated rings. The summed E-state index contributed by atoms with van der Waals surface area (Å²) >= 11 is 12.2. The van der Waals surface area contributed by atoms with Gasteiger partial charge in [-0.05, 0) is 36.6 Å². The van der Waals surface area contributed by atoms with Crippen LogP contribution in [0.15, 0.2) is 42.5 Å². The third-order valence-electron chi connectivity index (χ3n) is 4.86. The van der Waals surface area contributed by atoms with Gasteiger partial charge in [0.25, 0.3) is 0 Å². The standard InChI is InChI=1S/C24H28Cl2NO10P/c1-2-34-21(29)14-35-22-18(25)11-17(12-19(22)26)23(30)38(32,33)10-6-9-20(28)37-15-27-24(31)36-13-16-7-4-3-5-8-16/h3-5,7-8,11-12,23,30H,2,6,9-10,13-15H2,1H3,(H,27,31)(H,32,33)/t23-/m0/s1. The van der Waals surface area contributed by atoms with Crippen molar-refractivity contribution in [2.75, 3.05) is 26.1 Å². The molecular weight excluding hydrogens is 564 g/mol. The highest BCUT2D eigenvalue weighted by Crippen LogP contribution is 2.55. The first-order chi connectivity index (χ1) is 18.0. The molecule has 0 aliphatic carbocycles. The van der Waals surface area contributed by atoms with Gasteiger partial charge in [0.05, 0.1) is 16.7 Å². The van der Waals surface area contributed by atoms with E-state index in [4.69, 9.17) is 42.1 Å². The molecule has 0 bridgehead atoms. The van der Waals surface area contributed by atoms with Crippen LogP contribution in [0.5, 0.6) is 5.75 Å². The van der Waals surface area contributed by atoms with Crippen molar-refractivity contribution >= 4 is 48.6 Å². The van der Waals surface area contributed by atoms with Gasteiger partial charge in [0.15, 0.2) is 24.9 Å². The van der Waals surface area contributed by atoms with E-state index >= 15 is 0 Å². The van der Waals surface area contributed by atoms with Crippen molar-refractivity contribution in [3.05, 3.63) is 63.6 Å². The average molecular weight is 592 g/mol. The van der Waals surface area contributed by atoms with Crippen LogP contribution in [0.3, 0.4) is 0 Å². The lowest BCUT2D eigenvalue weighted by atomic mass is 10.2. The smallest absolute Gasteiger partial charge is 0.410 e. The van der Waals surface area contributed by atoms with Crippen molar-refractivity contribution in [3.8, 4) is 5.75 Å². The molecule has 2 atom stereocenters. The van der Waals surface area contributed by atoms with Crippen LogP contribution in [0.1, 0.15) is 36.7 Å². The minimum Gasteiger partial charge on any atom is -0.479 e. The normalized spacial score (nSPS) is 13.1. The maximum atomic E-state index is 12.7. The molecule has 0 aliphatic heterocycles. The highest BCUT2D eigenvalue weighted by Gasteiger charge is 2.31. The van der Waals surface area contributed by atoms with Gasteiger partial charge in [-0.15, -0.1) is 0 Å². The van der Waals surface area contributed by atoms with E-state index in [0.29, 0.717) is 0 Å². The Morgan fingerprint density at radius 1 is 1.03 bits per heavy atom. The molecule has 0 aromatic heterocycles. The van der Waals surface area contributed by atoms with Gasteiger partial charge in [-0.25, -0.2) is 9.59 Å². The molecule has 2 aromatic rings. The number of benzene rings is 2. The van der Waals surface area contributed by atoms with Crippen molar-refractivity contribution < 1.29 is 47.9 Å².